The van der Waals surface area contributed by atoms with Gasteiger partial charge >= 0.3 is 0 Å². The molecule has 3 heterocycles. The summed E-state index contributed by atoms with van der Waals surface area (Å²) in [7, 11) is 0. The molecule has 0 radical (unpaired) electrons. The normalized spacial score (nSPS) is 26.0. The monoisotopic (exact) mass is 481 g/mol. The summed E-state index contributed by atoms with van der Waals surface area (Å²) in [5.41, 5.74) is 14.6. The zero-order valence-electron chi connectivity index (χ0n) is 18.5. The van der Waals surface area contributed by atoms with Crippen molar-refractivity contribution in [1.82, 2.24) is 15.1 Å². The van der Waals surface area contributed by atoms with Gasteiger partial charge in [-0.1, -0.05) is 35.9 Å². The van der Waals surface area contributed by atoms with E-state index in [1.54, 1.807) is 12.1 Å². The summed E-state index contributed by atoms with van der Waals surface area (Å²) < 4.78 is 22.1. The van der Waals surface area contributed by atoms with Crippen LogP contribution < -0.4 is 16.8 Å². The van der Waals surface area contributed by atoms with Crippen LogP contribution in [-0.2, 0) is 10.2 Å². The van der Waals surface area contributed by atoms with E-state index in [-0.39, 0.29) is 17.2 Å². The fourth-order valence-electron chi connectivity index (χ4n) is 5.11. The van der Waals surface area contributed by atoms with Gasteiger partial charge in [-0.05, 0) is 49.8 Å². The first-order valence-electron chi connectivity index (χ1n) is 11.5. The molecule has 0 amide bonds. The number of amidine groups is 1. The predicted molar refractivity (Wildman–Crippen MR) is 129 cm³/mol. The standard InChI is InChI=1S/C24H25ClFN7O/c25-20-16(4-3-5-17(20)26)23(9-10-23)24(28)31-21(30-22(27)32-24)14-7-8-15-13-29-33(18(15)12-14)19-6-1-2-11-34-19/h3-5,7-8,12-13,19H,1-2,6,9-11,28H2,(H3,27,30,31,32). The molecule has 5 N–H and O–H groups in total. The molecule has 2 aliphatic heterocycles. The minimum absolute atomic E-state index is 0.0549. The van der Waals surface area contributed by atoms with Crippen LogP contribution in [-0.4, -0.2) is 34.0 Å². The minimum atomic E-state index is -1.33. The van der Waals surface area contributed by atoms with E-state index in [4.69, 9.17) is 27.8 Å². The topological polar surface area (TPSA) is 116 Å². The molecule has 1 aliphatic carbocycles. The molecule has 2 unspecified atom stereocenters. The molecule has 1 aromatic heterocycles. The number of nitrogens with zero attached hydrogens (tertiary/aromatic N) is 4. The van der Waals surface area contributed by atoms with Crippen LogP contribution in [0.1, 0.15) is 49.5 Å². The van der Waals surface area contributed by atoms with Gasteiger partial charge in [0.05, 0.1) is 22.2 Å². The number of hydrogen-bond acceptors (Lipinski definition) is 7. The molecule has 176 valence electrons. The van der Waals surface area contributed by atoms with E-state index in [1.165, 1.54) is 6.07 Å². The van der Waals surface area contributed by atoms with Crippen molar-refractivity contribution in [3.05, 3.63) is 64.6 Å². The number of guanidine groups is 1. The average molecular weight is 482 g/mol. The molecule has 2 atom stereocenters. The fraction of sp³-hybridized carbons (Fsp3) is 0.375. The van der Waals surface area contributed by atoms with E-state index in [2.05, 4.69) is 20.4 Å². The lowest BCUT2D eigenvalue weighted by Crippen LogP contribution is -2.65. The van der Waals surface area contributed by atoms with Crippen molar-refractivity contribution < 1.29 is 9.13 Å². The minimum Gasteiger partial charge on any atom is -0.368 e. The molecular weight excluding hydrogens is 457 g/mol. The highest BCUT2D eigenvalue weighted by Gasteiger charge is 2.61. The van der Waals surface area contributed by atoms with E-state index in [0.717, 1.165) is 42.3 Å². The van der Waals surface area contributed by atoms with Gasteiger partial charge in [0, 0.05) is 17.6 Å². The second-order valence-corrected chi connectivity index (χ2v) is 9.57. The molecule has 34 heavy (non-hydrogen) atoms. The van der Waals surface area contributed by atoms with E-state index in [9.17, 15) is 4.39 Å². The molecule has 2 fully saturated rings. The maximum atomic E-state index is 14.3. The van der Waals surface area contributed by atoms with Gasteiger partial charge in [-0.3, -0.25) is 5.73 Å². The van der Waals surface area contributed by atoms with Gasteiger partial charge in [-0.15, -0.1) is 0 Å². The molecule has 10 heteroatoms. The van der Waals surface area contributed by atoms with Gasteiger partial charge in [-0.25, -0.2) is 14.1 Å². The third-order valence-electron chi connectivity index (χ3n) is 7.07. The lowest BCUT2D eigenvalue weighted by atomic mass is 9.87. The highest BCUT2D eigenvalue weighted by Crippen LogP contribution is 2.57. The van der Waals surface area contributed by atoms with Crippen molar-refractivity contribution in [3.63, 3.8) is 0 Å². The van der Waals surface area contributed by atoms with Crippen molar-refractivity contribution in [2.45, 2.75) is 49.5 Å². The van der Waals surface area contributed by atoms with E-state index >= 15 is 0 Å². The van der Waals surface area contributed by atoms with Crippen LogP contribution in [0.2, 0.25) is 5.02 Å². The van der Waals surface area contributed by atoms with Crippen molar-refractivity contribution in [1.29, 1.82) is 0 Å². The Morgan fingerprint density at radius 1 is 1.21 bits per heavy atom. The SMILES string of the molecule is NC1=NC(N)(C2(c3cccc(F)c3Cl)CC2)NC(c2ccc3cnn(C4CCCCO4)c3c2)=N1. The molecule has 2 aromatic carbocycles. The Labute approximate surface area is 200 Å². The molecule has 1 saturated heterocycles. The first-order chi connectivity index (χ1) is 16.4. The quantitative estimate of drug-likeness (QED) is 0.527. The Bertz CT molecular complexity index is 1340. The first-order valence-corrected chi connectivity index (χ1v) is 11.8. The average Bonchev–Trinajstić information content (AvgIpc) is 3.54. The Kier molecular flexibility index (Phi) is 4.91. The molecule has 0 spiro atoms. The van der Waals surface area contributed by atoms with E-state index in [1.807, 2.05) is 29.1 Å². The highest BCUT2D eigenvalue weighted by atomic mass is 35.5. The van der Waals surface area contributed by atoms with Crippen LogP contribution in [0, 0.1) is 5.82 Å². The smallest absolute Gasteiger partial charge is 0.220 e. The van der Waals surface area contributed by atoms with Crippen molar-refractivity contribution in [2.24, 2.45) is 21.5 Å². The van der Waals surface area contributed by atoms with Gasteiger partial charge in [0.25, 0.3) is 0 Å². The van der Waals surface area contributed by atoms with Crippen molar-refractivity contribution >= 4 is 34.3 Å². The number of nitrogens with two attached hydrogens (primary N) is 2. The maximum absolute atomic E-state index is 14.3. The van der Waals surface area contributed by atoms with Crippen LogP contribution >= 0.6 is 11.6 Å². The second-order valence-electron chi connectivity index (χ2n) is 9.19. The number of rotatable bonds is 4. The Morgan fingerprint density at radius 2 is 2.06 bits per heavy atom. The Morgan fingerprint density at radius 3 is 2.82 bits per heavy atom. The molecule has 8 nitrogen and oxygen atoms in total. The number of hydrogen-bond donors (Lipinski definition) is 3. The molecular formula is C24H25ClFN7O. The summed E-state index contributed by atoms with van der Waals surface area (Å²) in [4.78, 5) is 8.91. The van der Waals surface area contributed by atoms with Crippen LogP contribution in [0.5, 0.6) is 0 Å². The molecule has 3 aromatic rings. The summed E-state index contributed by atoms with van der Waals surface area (Å²) in [5.74, 6) is -1.26. The second kappa shape index (κ2) is 7.76. The van der Waals surface area contributed by atoms with Crippen LogP contribution in [0.4, 0.5) is 4.39 Å². The number of aliphatic imine (C=N–C) groups is 2. The fourth-order valence-corrected chi connectivity index (χ4v) is 5.41. The summed E-state index contributed by atoms with van der Waals surface area (Å²) in [6.07, 6.45) is 6.21. The number of benzene rings is 2. The number of ether oxygens (including phenoxy) is 1. The first kappa shape index (κ1) is 21.5. The van der Waals surface area contributed by atoms with Crippen LogP contribution in [0.15, 0.2) is 52.6 Å². The number of nitrogens with one attached hydrogen (secondary N) is 1. The van der Waals surface area contributed by atoms with Crippen LogP contribution in [0.25, 0.3) is 10.9 Å². The lowest BCUT2D eigenvalue weighted by molar-refractivity contribution is -0.0366. The van der Waals surface area contributed by atoms with Gasteiger partial charge in [0.1, 0.15) is 11.7 Å². The van der Waals surface area contributed by atoms with Gasteiger partial charge in [0.2, 0.25) is 5.96 Å². The summed E-state index contributed by atoms with van der Waals surface area (Å²) in [6.45, 7) is 0.730. The Balaban J connectivity index is 1.38. The third-order valence-corrected chi connectivity index (χ3v) is 7.46. The summed E-state index contributed by atoms with van der Waals surface area (Å²) >= 11 is 6.34. The van der Waals surface area contributed by atoms with E-state index in [0.29, 0.717) is 24.2 Å². The largest absolute Gasteiger partial charge is 0.368 e. The van der Waals surface area contributed by atoms with Gasteiger partial charge in [0.15, 0.2) is 12.0 Å². The van der Waals surface area contributed by atoms with Gasteiger partial charge < -0.3 is 15.8 Å². The number of aromatic nitrogens is 2. The molecule has 3 aliphatic rings. The predicted octanol–water partition coefficient (Wildman–Crippen LogP) is 3.54. The van der Waals surface area contributed by atoms with Crippen molar-refractivity contribution in [3.8, 4) is 0 Å². The lowest BCUT2D eigenvalue weighted by Gasteiger charge is -2.39. The summed E-state index contributed by atoms with van der Waals surface area (Å²) in [6, 6.07) is 10.7. The van der Waals surface area contributed by atoms with Gasteiger partial charge in [-0.2, -0.15) is 10.1 Å². The third kappa shape index (κ3) is 3.30. The molecule has 6 rings (SSSR count). The zero-order chi connectivity index (χ0) is 23.5. The van der Waals surface area contributed by atoms with Crippen molar-refractivity contribution in [2.75, 3.05) is 6.61 Å². The highest BCUT2D eigenvalue weighted by molar-refractivity contribution is 6.31. The number of fused-ring (bicyclic) bond motifs is 1. The summed E-state index contributed by atoms with van der Waals surface area (Å²) in [5, 5.41) is 8.92. The Hall–Kier alpha value is -3.01. The zero-order valence-corrected chi connectivity index (χ0v) is 19.2. The maximum Gasteiger partial charge on any atom is 0.220 e. The van der Waals surface area contributed by atoms with E-state index < -0.39 is 17.0 Å². The number of halogens is 2. The van der Waals surface area contributed by atoms with Crippen LogP contribution in [0.3, 0.4) is 0 Å². The molecule has 1 saturated carbocycles. The molecule has 0 bridgehead atoms.